The van der Waals surface area contributed by atoms with E-state index in [9.17, 15) is 4.79 Å². The first-order chi connectivity index (χ1) is 4.95. The summed E-state index contributed by atoms with van der Waals surface area (Å²) < 4.78 is -0.350. The van der Waals surface area contributed by atoms with E-state index < -0.39 is 26.2 Å². The number of hydrogen-bond acceptors (Lipinski definition) is 1. The summed E-state index contributed by atoms with van der Waals surface area (Å²) in [4.78, 5) is 15.2. The van der Waals surface area contributed by atoms with Crippen LogP contribution in [0.4, 0.5) is 0 Å². The molecule has 0 heterocycles. The van der Waals surface area contributed by atoms with E-state index >= 15 is 0 Å². The van der Waals surface area contributed by atoms with Crippen LogP contribution in [0.2, 0.25) is 13.1 Å². The topological polar surface area (TPSA) is 37.3 Å². The van der Waals surface area contributed by atoms with Gasteiger partial charge < -0.3 is 0 Å². The van der Waals surface area contributed by atoms with Crippen molar-refractivity contribution in [2.75, 3.05) is 0 Å². The Morgan fingerprint density at radius 2 is 2.00 bits per heavy atom. The van der Waals surface area contributed by atoms with Gasteiger partial charge >= 0.3 is 75.9 Å². The molecule has 0 aromatic heterocycles. The van der Waals surface area contributed by atoms with Gasteiger partial charge in [0.15, 0.2) is 0 Å². The van der Waals surface area contributed by atoms with Gasteiger partial charge in [-0.25, -0.2) is 0 Å². The number of carboxylic acids is 1. The molecule has 0 aliphatic carbocycles. The fourth-order valence-electron chi connectivity index (χ4n) is 1.01. The Hall–Kier alpha value is 0.288. The van der Waals surface area contributed by atoms with E-state index in [1.807, 2.05) is 13.8 Å². The normalized spacial score (nSPS) is 16.5. The summed E-state index contributed by atoms with van der Waals surface area (Å²) in [5.41, 5.74) is 0. The maximum absolute atomic E-state index is 10.9. The quantitative estimate of drug-likeness (QED) is 0.794. The molecule has 0 saturated heterocycles. The summed E-state index contributed by atoms with van der Waals surface area (Å²) in [6.45, 7) is 3.95. The molecule has 1 atom stereocenters. The average Bonchev–Trinajstić information content (AvgIpc) is 1.87. The minimum absolute atomic E-state index is 0.350. The predicted molar refractivity (Wildman–Crippen MR) is 48.4 cm³/mol. The molecule has 0 fully saturated rings. The van der Waals surface area contributed by atoms with Crippen molar-refractivity contribution in [1.82, 2.24) is 0 Å². The van der Waals surface area contributed by atoms with Gasteiger partial charge in [0.2, 0.25) is 0 Å². The van der Waals surface area contributed by atoms with Gasteiger partial charge in [0, 0.05) is 0 Å². The monoisotopic (exact) mass is 266 g/mol. The fraction of sp³-hybridized carbons (Fsp3) is 0.875. The van der Waals surface area contributed by atoms with Crippen molar-refractivity contribution in [3.8, 4) is 0 Å². The van der Waals surface area contributed by atoms with E-state index in [1.54, 1.807) is 0 Å². The second-order valence-electron chi connectivity index (χ2n) is 3.22. The molecule has 1 N–H and O–H groups in total. The van der Waals surface area contributed by atoms with Gasteiger partial charge in [-0.3, -0.25) is 0 Å². The second kappa shape index (κ2) is 4.35. The third-order valence-corrected chi connectivity index (χ3v) is 9.00. The van der Waals surface area contributed by atoms with Crippen LogP contribution in [0.15, 0.2) is 0 Å². The molecule has 0 radical (unpaired) electrons. The van der Waals surface area contributed by atoms with Crippen LogP contribution >= 0.6 is 0 Å². The van der Waals surface area contributed by atoms with Crippen molar-refractivity contribution in [2.45, 2.75) is 39.8 Å². The number of aliphatic carboxylic acids is 1. The molecule has 0 saturated carbocycles. The molecule has 66 valence electrons. The summed E-state index contributed by atoms with van der Waals surface area (Å²) in [7, 11) is 0. The minimum atomic E-state index is -1.49. The van der Waals surface area contributed by atoms with Crippen LogP contribution in [0.3, 0.4) is 0 Å². The van der Waals surface area contributed by atoms with Crippen molar-refractivity contribution < 1.29 is 9.90 Å². The van der Waals surface area contributed by atoms with Crippen molar-refractivity contribution in [3.63, 3.8) is 0 Å². The summed E-state index contributed by atoms with van der Waals surface area (Å²) in [6.07, 6.45) is 1.82. The Bertz CT molecular complexity index is 145. The molecular formula is C8H17O2Sb. The van der Waals surface area contributed by atoms with Gasteiger partial charge in [0.25, 0.3) is 0 Å². The molecule has 0 aromatic rings. The Kier molecular flexibility index (Phi) is 4.46. The summed E-state index contributed by atoms with van der Waals surface area (Å²) in [5.74, 6) is -0.590. The third kappa shape index (κ3) is 2.66. The van der Waals surface area contributed by atoms with E-state index in [2.05, 4.69) is 9.74 Å². The van der Waals surface area contributed by atoms with E-state index in [0.29, 0.717) is 0 Å². The van der Waals surface area contributed by atoms with Gasteiger partial charge in [-0.2, -0.15) is 0 Å². The molecule has 0 rings (SSSR count). The van der Waals surface area contributed by atoms with E-state index in [4.69, 9.17) is 5.11 Å². The van der Waals surface area contributed by atoms with Crippen LogP contribution in [0.25, 0.3) is 0 Å². The average molecular weight is 267 g/mol. The zero-order valence-electron chi connectivity index (χ0n) is 7.72. The molecule has 0 spiro atoms. The van der Waals surface area contributed by atoms with Crippen molar-refractivity contribution >= 4 is 26.2 Å². The molecule has 0 aliphatic rings. The molecule has 1 unspecified atom stereocenters. The van der Waals surface area contributed by atoms with Crippen LogP contribution in [0, 0.1) is 0 Å². The first-order valence-electron chi connectivity index (χ1n) is 3.86. The summed E-state index contributed by atoms with van der Waals surface area (Å²) in [6, 6.07) is 0. The Morgan fingerprint density at radius 3 is 2.09 bits per heavy atom. The van der Waals surface area contributed by atoms with Gasteiger partial charge in [-0.05, 0) is 0 Å². The molecular weight excluding hydrogens is 250 g/mol. The number of rotatable bonds is 4. The van der Waals surface area contributed by atoms with Gasteiger partial charge in [0.1, 0.15) is 0 Å². The number of hydrogen-bond donors (Lipinski definition) is 1. The van der Waals surface area contributed by atoms with Crippen LogP contribution in [0.1, 0.15) is 26.7 Å². The van der Waals surface area contributed by atoms with Gasteiger partial charge in [-0.1, -0.05) is 0 Å². The van der Waals surface area contributed by atoms with Crippen molar-refractivity contribution in [3.05, 3.63) is 0 Å². The Balaban J connectivity index is 4.38. The van der Waals surface area contributed by atoms with Gasteiger partial charge in [0.05, 0.1) is 0 Å². The second-order valence-corrected chi connectivity index (χ2v) is 11.1. The van der Waals surface area contributed by atoms with Crippen molar-refractivity contribution in [1.29, 1.82) is 0 Å². The Labute approximate surface area is 75.9 Å². The fourth-order valence-corrected chi connectivity index (χ4v) is 4.02. The molecule has 3 heteroatoms. The van der Waals surface area contributed by atoms with E-state index in [-0.39, 0.29) is 3.36 Å². The van der Waals surface area contributed by atoms with Crippen LogP contribution in [0.5, 0.6) is 0 Å². The predicted octanol–water partition coefficient (Wildman–Crippen LogP) is 2.39. The zero-order valence-corrected chi connectivity index (χ0v) is 10.3. The van der Waals surface area contributed by atoms with Crippen LogP contribution < -0.4 is 0 Å². The summed E-state index contributed by atoms with van der Waals surface area (Å²) in [5, 5.41) is 8.98. The van der Waals surface area contributed by atoms with Crippen LogP contribution in [-0.4, -0.2) is 31.3 Å². The van der Waals surface area contributed by atoms with Crippen molar-refractivity contribution in [2.24, 2.45) is 0 Å². The first kappa shape index (κ1) is 11.3. The van der Waals surface area contributed by atoms with E-state index in [0.717, 1.165) is 12.8 Å². The standard InChI is InChI=1S/C6H11O2.2CH3.Sb/c1-3-4-5(2)6(7)8;;;/h3-4H2,1-2H3,(H,7,8);2*1H3;. The number of carboxylic acid groups (broad SMARTS) is 1. The van der Waals surface area contributed by atoms with Gasteiger partial charge in [-0.15, -0.1) is 0 Å². The van der Waals surface area contributed by atoms with E-state index in [1.165, 1.54) is 0 Å². The Morgan fingerprint density at radius 1 is 1.55 bits per heavy atom. The summed E-state index contributed by atoms with van der Waals surface area (Å²) >= 11 is -1.49. The molecule has 0 aliphatic heterocycles. The SMILES string of the molecule is CCC[C](C)(C(=O)O)[Sb]([CH3])[CH3]. The first-order valence-corrected chi connectivity index (χ1v) is 10.2. The molecule has 0 bridgehead atoms. The number of carbonyl (C=O) groups is 1. The molecule has 0 amide bonds. The zero-order chi connectivity index (χ0) is 9.07. The van der Waals surface area contributed by atoms with Crippen LogP contribution in [-0.2, 0) is 4.79 Å². The molecule has 0 aromatic carbocycles. The molecule has 2 nitrogen and oxygen atoms in total. The third-order valence-electron chi connectivity index (χ3n) is 2.18. The molecule has 11 heavy (non-hydrogen) atoms. The maximum atomic E-state index is 10.9.